The average molecular weight is 374 g/mol. The summed E-state index contributed by atoms with van der Waals surface area (Å²) in [5.41, 5.74) is 1.93. The molecule has 0 atom stereocenters. The van der Waals surface area contributed by atoms with E-state index < -0.39 is 0 Å². The van der Waals surface area contributed by atoms with Gasteiger partial charge in [-0.1, -0.05) is 12.1 Å². The number of amides is 1. The van der Waals surface area contributed by atoms with E-state index in [1.54, 1.807) is 34.1 Å². The van der Waals surface area contributed by atoms with Crippen molar-refractivity contribution >= 4 is 11.7 Å². The fourth-order valence-electron chi connectivity index (χ4n) is 2.92. The third-order valence-corrected chi connectivity index (χ3v) is 4.53. The van der Waals surface area contributed by atoms with Crippen LogP contribution in [-0.2, 0) is 0 Å². The SMILES string of the molecule is CCN(CCN(C)c1cc(C#N)ccn1)C(=O)c1ccccc1-n1cccn1. The van der Waals surface area contributed by atoms with E-state index in [2.05, 4.69) is 16.2 Å². The molecule has 2 aromatic heterocycles. The molecular weight excluding hydrogens is 352 g/mol. The molecule has 28 heavy (non-hydrogen) atoms. The Balaban J connectivity index is 1.74. The first-order valence-electron chi connectivity index (χ1n) is 9.09. The van der Waals surface area contributed by atoms with Crippen molar-refractivity contribution in [3.8, 4) is 11.8 Å². The maximum absolute atomic E-state index is 13.1. The zero-order valence-corrected chi connectivity index (χ0v) is 16.0. The second-order valence-corrected chi connectivity index (χ2v) is 6.29. The Hall–Kier alpha value is -3.66. The molecule has 0 aliphatic carbocycles. The molecule has 0 bridgehead atoms. The Morgan fingerprint density at radius 2 is 2.00 bits per heavy atom. The van der Waals surface area contributed by atoms with E-state index in [0.717, 1.165) is 5.69 Å². The Kier molecular flexibility index (Phi) is 6.02. The molecule has 7 heteroatoms. The molecule has 0 aliphatic heterocycles. The van der Waals surface area contributed by atoms with Gasteiger partial charge in [0.05, 0.1) is 22.9 Å². The van der Waals surface area contributed by atoms with Crippen LogP contribution in [-0.4, -0.2) is 52.3 Å². The number of likely N-dealkylation sites (N-methyl/N-ethyl adjacent to an activating group) is 2. The number of anilines is 1. The van der Waals surface area contributed by atoms with Crippen LogP contribution in [0.25, 0.3) is 5.69 Å². The lowest BCUT2D eigenvalue weighted by Crippen LogP contribution is -2.38. The maximum Gasteiger partial charge on any atom is 0.256 e. The number of aromatic nitrogens is 3. The van der Waals surface area contributed by atoms with Gasteiger partial charge in [-0.25, -0.2) is 9.67 Å². The Morgan fingerprint density at radius 1 is 1.18 bits per heavy atom. The van der Waals surface area contributed by atoms with Crippen LogP contribution < -0.4 is 4.90 Å². The van der Waals surface area contributed by atoms with Gasteiger partial charge < -0.3 is 9.80 Å². The Labute approximate surface area is 164 Å². The summed E-state index contributed by atoms with van der Waals surface area (Å²) in [5.74, 6) is 0.667. The molecule has 142 valence electrons. The first-order chi connectivity index (χ1) is 13.6. The van der Waals surface area contributed by atoms with Crippen LogP contribution in [0.3, 0.4) is 0 Å². The van der Waals surface area contributed by atoms with Crippen molar-refractivity contribution in [3.63, 3.8) is 0 Å². The largest absolute Gasteiger partial charge is 0.358 e. The molecule has 0 fully saturated rings. The summed E-state index contributed by atoms with van der Waals surface area (Å²) < 4.78 is 1.70. The van der Waals surface area contributed by atoms with Crippen molar-refractivity contribution in [1.82, 2.24) is 19.7 Å². The minimum Gasteiger partial charge on any atom is -0.358 e. The molecule has 2 heterocycles. The zero-order valence-electron chi connectivity index (χ0n) is 16.0. The van der Waals surface area contributed by atoms with Crippen molar-refractivity contribution in [3.05, 3.63) is 72.2 Å². The number of rotatable bonds is 7. The summed E-state index contributed by atoms with van der Waals surface area (Å²) in [6, 6.07) is 14.8. The quantitative estimate of drug-likeness (QED) is 0.635. The van der Waals surface area contributed by atoms with Gasteiger partial charge in [0.15, 0.2) is 0 Å². The molecule has 0 unspecified atom stereocenters. The van der Waals surface area contributed by atoms with Gasteiger partial charge in [0.2, 0.25) is 0 Å². The van der Waals surface area contributed by atoms with E-state index in [9.17, 15) is 4.79 Å². The third-order valence-electron chi connectivity index (χ3n) is 4.53. The summed E-state index contributed by atoms with van der Waals surface area (Å²) in [7, 11) is 1.90. The first kappa shape index (κ1) is 19.1. The van der Waals surface area contributed by atoms with Crippen molar-refractivity contribution in [1.29, 1.82) is 5.26 Å². The van der Waals surface area contributed by atoms with E-state index >= 15 is 0 Å². The number of benzene rings is 1. The predicted octanol–water partition coefficient (Wildman–Crippen LogP) is 2.74. The molecule has 0 spiro atoms. The van der Waals surface area contributed by atoms with E-state index in [0.29, 0.717) is 36.6 Å². The van der Waals surface area contributed by atoms with Gasteiger partial charge in [-0.15, -0.1) is 0 Å². The molecule has 3 rings (SSSR count). The number of para-hydroxylation sites is 1. The molecule has 0 N–H and O–H groups in total. The Bertz CT molecular complexity index is 977. The highest BCUT2D eigenvalue weighted by molar-refractivity contribution is 5.97. The molecule has 1 amide bonds. The summed E-state index contributed by atoms with van der Waals surface area (Å²) in [6.07, 6.45) is 5.13. The van der Waals surface area contributed by atoms with Gasteiger partial charge in [0.1, 0.15) is 5.82 Å². The van der Waals surface area contributed by atoms with Crippen LogP contribution in [0, 0.1) is 11.3 Å². The van der Waals surface area contributed by atoms with Crippen LogP contribution in [0.4, 0.5) is 5.82 Å². The third kappa shape index (κ3) is 4.18. The zero-order chi connectivity index (χ0) is 19.9. The standard InChI is InChI=1S/C21H22N6O/c1-3-26(14-13-25(2)20-15-17(16-22)9-11-23-20)21(28)18-7-4-5-8-19(18)27-12-6-10-24-27/h4-12,15H,3,13-14H2,1-2H3. The molecule has 0 radical (unpaired) electrons. The van der Waals surface area contributed by atoms with E-state index in [1.165, 1.54) is 0 Å². The molecule has 0 aliphatic rings. The van der Waals surface area contributed by atoms with E-state index in [4.69, 9.17) is 5.26 Å². The summed E-state index contributed by atoms with van der Waals surface area (Å²) in [5, 5.41) is 13.3. The van der Waals surface area contributed by atoms with Gasteiger partial charge >= 0.3 is 0 Å². The lowest BCUT2D eigenvalue weighted by atomic mass is 10.1. The number of carbonyl (C=O) groups is 1. The smallest absolute Gasteiger partial charge is 0.256 e. The molecule has 7 nitrogen and oxygen atoms in total. The highest BCUT2D eigenvalue weighted by Crippen LogP contribution is 2.16. The summed E-state index contributed by atoms with van der Waals surface area (Å²) in [6.45, 7) is 3.69. The van der Waals surface area contributed by atoms with Crippen LogP contribution >= 0.6 is 0 Å². The van der Waals surface area contributed by atoms with Crippen molar-refractivity contribution < 1.29 is 4.79 Å². The number of hydrogen-bond acceptors (Lipinski definition) is 5. The number of nitriles is 1. The molecule has 3 aromatic rings. The van der Waals surface area contributed by atoms with E-state index in [1.807, 2.05) is 55.4 Å². The minimum absolute atomic E-state index is 0.0410. The highest BCUT2D eigenvalue weighted by Gasteiger charge is 2.19. The van der Waals surface area contributed by atoms with Crippen LogP contribution in [0.2, 0.25) is 0 Å². The Morgan fingerprint density at radius 3 is 2.71 bits per heavy atom. The van der Waals surface area contributed by atoms with Gasteiger partial charge in [0, 0.05) is 45.3 Å². The summed E-state index contributed by atoms with van der Waals surface area (Å²) >= 11 is 0. The predicted molar refractivity (Wildman–Crippen MR) is 107 cm³/mol. The number of carbonyl (C=O) groups excluding carboxylic acids is 1. The minimum atomic E-state index is -0.0410. The summed E-state index contributed by atoms with van der Waals surface area (Å²) in [4.78, 5) is 21.2. The molecular formula is C21H22N6O. The average Bonchev–Trinajstić information content (AvgIpc) is 3.28. The fourth-order valence-corrected chi connectivity index (χ4v) is 2.92. The lowest BCUT2D eigenvalue weighted by Gasteiger charge is -2.26. The van der Waals surface area contributed by atoms with Crippen LogP contribution in [0.5, 0.6) is 0 Å². The first-order valence-corrected chi connectivity index (χ1v) is 9.09. The lowest BCUT2D eigenvalue weighted by molar-refractivity contribution is 0.0768. The topological polar surface area (TPSA) is 78.0 Å². The number of hydrogen-bond donors (Lipinski definition) is 0. The van der Waals surface area contributed by atoms with E-state index in [-0.39, 0.29) is 5.91 Å². The molecule has 0 saturated heterocycles. The highest BCUT2D eigenvalue weighted by atomic mass is 16.2. The van der Waals surface area contributed by atoms with Gasteiger partial charge in [-0.2, -0.15) is 10.4 Å². The number of pyridine rings is 1. The second kappa shape index (κ2) is 8.82. The maximum atomic E-state index is 13.1. The van der Waals surface area contributed by atoms with Crippen molar-refractivity contribution in [2.45, 2.75) is 6.92 Å². The van der Waals surface area contributed by atoms with Gasteiger partial charge in [-0.05, 0) is 37.3 Å². The van der Waals surface area contributed by atoms with Gasteiger partial charge in [0.25, 0.3) is 5.91 Å². The number of nitrogens with zero attached hydrogens (tertiary/aromatic N) is 6. The fraction of sp³-hybridized carbons (Fsp3) is 0.238. The van der Waals surface area contributed by atoms with Crippen LogP contribution in [0.15, 0.2) is 61.1 Å². The second-order valence-electron chi connectivity index (χ2n) is 6.29. The van der Waals surface area contributed by atoms with Crippen molar-refractivity contribution in [2.24, 2.45) is 0 Å². The molecule has 0 saturated carbocycles. The normalized spacial score (nSPS) is 10.3. The van der Waals surface area contributed by atoms with Gasteiger partial charge in [-0.3, -0.25) is 4.79 Å². The van der Waals surface area contributed by atoms with Crippen LogP contribution in [0.1, 0.15) is 22.8 Å². The molecule has 1 aromatic carbocycles. The monoisotopic (exact) mass is 374 g/mol. The van der Waals surface area contributed by atoms with Crippen molar-refractivity contribution in [2.75, 3.05) is 31.6 Å².